The molecule has 9 heteroatoms. The van der Waals surface area contributed by atoms with Gasteiger partial charge in [0.25, 0.3) is 11.8 Å². The Morgan fingerprint density at radius 2 is 1.77 bits per heavy atom. The van der Waals surface area contributed by atoms with E-state index < -0.39 is 17.8 Å². The van der Waals surface area contributed by atoms with E-state index in [1.54, 1.807) is 36.4 Å². The van der Waals surface area contributed by atoms with E-state index in [0.717, 1.165) is 4.90 Å². The number of hydrogen-bond donors (Lipinski definition) is 1. The summed E-state index contributed by atoms with van der Waals surface area (Å²) in [6.07, 6.45) is 1.39. The van der Waals surface area contributed by atoms with Crippen molar-refractivity contribution in [1.29, 1.82) is 0 Å². The molecular weight excluding hydrogens is 456 g/mol. The lowest BCUT2D eigenvalue weighted by Gasteiger charge is -2.26. The number of urea groups is 1. The summed E-state index contributed by atoms with van der Waals surface area (Å²) >= 11 is 3.38. The maximum absolute atomic E-state index is 13.0. The van der Waals surface area contributed by atoms with Crippen molar-refractivity contribution < 1.29 is 28.6 Å². The van der Waals surface area contributed by atoms with E-state index in [2.05, 4.69) is 21.2 Å². The number of amides is 4. The maximum Gasteiger partial charge on any atom is 0.335 e. The van der Waals surface area contributed by atoms with Gasteiger partial charge in [-0.1, -0.05) is 0 Å². The van der Waals surface area contributed by atoms with Gasteiger partial charge in [-0.25, -0.2) is 9.69 Å². The van der Waals surface area contributed by atoms with Gasteiger partial charge in [0.1, 0.15) is 11.3 Å². The minimum absolute atomic E-state index is 0.192. The van der Waals surface area contributed by atoms with Gasteiger partial charge >= 0.3 is 6.03 Å². The molecule has 8 nitrogen and oxygen atoms in total. The molecule has 1 N–H and O–H groups in total. The maximum atomic E-state index is 13.0. The summed E-state index contributed by atoms with van der Waals surface area (Å²) in [5.74, 6) is -0.0165. The molecule has 0 radical (unpaired) electrons. The van der Waals surface area contributed by atoms with Crippen LogP contribution in [0.2, 0.25) is 0 Å². The normalized spacial score (nSPS) is 15.3. The van der Waals surface area contributed by atoms with E-state index in [9.17, 15) is 14.4 Å². The Kier molecular flexibility index (Phi) is 6.41. The highest BCUT2D eigenvalue weighted by Crippen LogP contribution is 2.37. The number of nitrogens with one attached hydrogen (secondary N) is 1. The SMILES string of the molecule is CCOc1ccc(N2C(=O)NC(=O)/C(=C/c3cc(Br)c(OC)c(OC)c3)C2=O)cc1. The summed E-state index contributed by atoms with van der Waals surface area (Å²) in [4.78, 5) is 38.6. The molecule has 3 rings (SSSR count). The highest BCUT2D eigenvalue weighted by molar-refractivity contribution is 9.10. The first-order chi connectivity index (χ1) is 14.4. The molecule has 1 fully saturated rings. The Labute approximate surface area is 181 Å². The highest BCUT2D eigenvalue weighted by atomic mass is 79.9. The van der Waals surface area contributed by atoms with E-state index >= 15 is 0 Å². The first kappa shape index (κ1) is 21.4. The molecule has 1 aliphatic heterocycles. The zero-order chi connectivity index (χ0) is 21.8. The fourth-order valence-corrected chi connectivity index (χ4v) is 3.56. The van der Waals surface area contributed by atoms with Gasteiger partial charge in [-0.05, 0) is 70.9 Å². The number of rotatable bonds is 6. The van der Waals surface area contributed by atoms with Crippen molar-refractivity contribution in [2.24, 2.45) is 0 Å². The summed E-state index contributed by atoms with van der Waals surface area (Å²) in [7, 11) is 2.98. The Morgan fingerprint density at radius 3 is 2.37 bits per heavy atom. The van der Waals surface area contributed by atoms with Crippen LogP contribution in [0.4, 0.5) is 10.5 Å². The number of carbonyl (C=O) groups is 3. The van der Waals surface area contributed by atoms with Crippen LogP contribution in [0, 0.1) is 0 Å². The second kappa shape index (κ2) is 9.00. The summed E-state index contributed by atoms with van der Waals surface area (Å²) < 4.78 is 16.5. The molecule has 0 unspecified atom stereocenters. The molecule has 1 aliphatic rings. The van der Waals surface area contributed by atoms with E-state index in [-0.39, 0.29) is 5.57 Å². The number of nitrogens with zero attached hydrogens (tertiary/aromatic N) is 1. The first-order valence-corrected chi connectivity index (χ1v) is 9.74. The van der Waals surface area contributed by atoms with Crippen LogP contribution in [0.1, 0.15) is 12.5 Å². The molecule has 156 valence electrons. The second-order valence-electron chi connectivity index (χ2n) is 6.12. The molecule has 0 aliphatic carbocycles. The molecule has 0 aromatic heterocycles. The fraction of sp³-hybridized carbons (Fsp3) is 0.190. The van der Waals surface area contributed by atoms with Crippen molar-refractivity contribution in [3.05, 3.63) is 52.0 Å². The van der Waals surface area contributed by atoms with Crippen molar-refractivity contribution >= 4 is 45.5 Å². The van der Waals surface area contributed by atoms with Crippen molar-refractivity contribution in [3.8, 4) is 17.2 Å². The van der Waals surface area contributed by atoms with Crippen LogP contribution in [0.3, 0.4) is 0 Å². The summed E-state index contributed by atoms with van der Waals surface area (Å²) in [5.41, 5.74) is 0.634. The number of anilines is 1. The molecule has 1 saturated heterocycles. The van der Waals surface area contributed by atoms with Gasteiger partial charge in [0.2, 0.25) is 0 Å². The third-order valence-corrected chi connectivity index (χ3v) is 4.86. The lowest BCUT2D eigenvalue weighted by atomic mass is 10.1. The lowest BCUT2D eigenvalue weighted by molar-refractivity contribution is -0.122. The van der Waals surface area contributed by atoms with E-state index in [1.807, 2.05) is 6.92 Å². The number of barbiturate groups is 1. The molecule has 0 atom stereocenters. The van der Waals surface area contributed by atoms with Gasteiger partial charge in [0.15, 0.2) is 11.5 Å². The van der Waals surface area contributed by atoms with Crippen LogP contribution in [-0.2, 0) is 9.59 Å². The molecular formula is C21H19BrN2O6. The van der Waals surface area contributed by atoms with Gasteiger partial charge in [-0.3, -0.25) is 14.9 Å². The molecule has 0 spiro atoms. The van der Waals surface area contributed by atoms with Gasteiger partial charge in [-0.2, -0.15) is 0 Å². The third-order valence-electron chi connectivity index (χ3n) is 4.27. The van der Waals surface area contributed by atoms with Crippen molar-refractivity contribution in [2.75, 3.05) is 25.7 Å². The first-order valence-electron chi connectivity index (χ1n) is 8.95. The zero-order valence-electron chi connectivity index (χ0n) is 16.5. The molecule has 0 saturated carbocycles. The van der Waals surface area contributed by atoms with E-state index in [4.69, 9.17) is 14.2 Å². The largest absolute Gasteiger partial charge is 0.494 e. The molecule has 1 heterocycles. The average Bonchev–Trinajstić information content (AvgIpc) is 2.72. The van der Waals surface area contributed by atoms with E-state index in [0.29, 0.717) is 39.6 Å². The Balaban J connectivity index is 1.99. The van der Waals surface area contributed by atoms with Gasteiger partial charge in [0, 0.05) is 0 Å². The standard InChI is InChI=1S/C21H19BrN2O6/c1-4-30-14-7-5-13(6-8-14)24-20(26)15(19(25)23-21(24)27)9-12-10-16(22)18(29-3)17(11-12)28-2/h5-11H,4H2,1-3H3,(H,23,25,27)/b15-9-. The Hall–Kier alpha value is -3.33. The topological polar surface area (TPSA) is 94.2 Å². The van der Waals surface area contributed by atoms with Crippen LogP contribution >= 0.6 is 15.9 Å². The van der Waals surface area contributed by atoms with Crippen molar-refractivity contribution in [1.82, 2.24) is 5.32 Å². The molecule has 2 aromatic carbocycles. The second-order valence-corrected chi connectivity index (χ2v) is 6.98. The molecule has 4 amide bonds. The number of halogens is 1. The lowest BCUT2D eigenvalue weighted by Crippen LogP contribution is -2.54. The predicted molar refractivity (Wildman–Crippen MR) is 114 cm³/mol. The molecule has 2 aromatic rings. The van der Waals surface area contributed by atoms with Crippen LogP contribution in [0.25, 0.3) is 6.08 Å². The van der Waals surface area contributed by atoms with Gasteiger partial charge < -0.3 is 14.2 Å². The Morgan fingerprint density at radius 1 is 1.07 bits per heavy atom. The van der Waals surface area contributed by atoms with Crippen molar-refractivity contribution in [3.63, 3.8) is 0 Å². The summed E-state index contributed by atoms with van der Waals surface area (Å²) in [6.45, 7) is 2.34. The molecule has 0 bridgehead atoms. The van der Waals surface area contributed by atoms with Crippen LogP contribution in [0.5, 0.6) is 17.2 Å². The number of imide groups is 2. The average molecular weight is 475 g/mol. The number of benzene rings is 2. The number of ether oxygens (including phenoxy) is 3. The van der Waals surface area contributed by atoms with Crippen LogP contribution in [-0.4, -0.2) is 38.7 Å². The predicted octanol–water partition coefficient (Wildman–Crippen LogP) is 3.53. The van der Waals surface area contributed by atoms with Gasteiger partial charge in [-0.15, -0.1) is 0 Å². The number of methoxy groups -OCH3 is 2. The van der Waals surface area contributed by atoms with Crippen LogP contribution in [0.15, 0.2) is 46.4 Å². The zero-order valence-corrected chi connectivity index (χ0v) is 18.1. The number of hydrogen-bond acceptors (Lipinski definition) is 6. The monoisotopic (exact) mass is 474 g/mol. The Bertz CT molecular complexity index is 1030. The third kappa shape index (κ3) is 4.16. The fourth-order valence-electron chi connectivity index (χ4n) is 2.94. The van der Waals surface area contributed by atoms with E-state index in [1.165, 1.54) is 20.3 Å². The molecule has 30 heavy (non-hydrogen) atoms. The summed E-state index contributed by atoms with van der Waals surface area (Å²) in [6, 6.07) is 8.91. The summed E-state index contributed by atoms with van der Waals surface area (Å²) in [5, 5.41) is 2.19. The van der Waals surface area contributed by atoms with Crippen LogP contribution < -0.4 is 24.4 Å². The number of carbonyl (C=O) groups excluding carboxylic acids is 3. The van der Waals surface area contributed by atoms with Gasteiger partial charge in [0.05, 0.1) is 31.0 Å². The van der Waals surface area contributed by atoms with Crippen molar-refractivity contribution in [2.45, 2.75) is 6.92 Å². The quantitative estimate of drug-likeness (QED) is 0.508. The smallest absolute Gasteiger partial charge is 0.335 e. The minimum atomic E-state index is -0.820. The minimum Gasteiger partial charge on any atom is -0.494 e. The highest BCUT2D eigenvalue weighted by Gasteiger charge is 2.36.